The summed E-state index contributed by atoms with van der Waals surface area (Å²) in [5.74, 6) is -0.243. The molecule has 3 aromatic carbocycles. The van der Waals surface area contributed by atoms with Crippen LogP contribution in [0.3, 0.4) is 0 Å². The van der Waals surface area contributed by atoms with Gasteiger partial charge in [-0.2, -0.15) is 0 Å². The molecule has 0 bridgehead atoms. The Kier molecular flexibility index (Phi) is 4.93. The van der Waals surface area contributed by atoms with Gasteiger partial charge in [-0.25, -0.2) is 4.39 Å². The van der Waals surface area contributed by atoms with Gasteiger partial charge in [0.1, 0.15) is 6.61 Å². The molecular weight excluding hydrogens is 337 g/mol. The maximum Gasteiger partial charge on any atom is 0.176 e. The molecule has 0 aliphatic rings. The van der Waals surface area contributed by atoms with Gasteiger partial charge in [-0.1, -0.05) is 78.9 Å². The second kappa shape index (κ2) is 7.83. The van der Waals surface area contributed by atoms with Crippen LogP contribution in [0.15, 0.2) is 97.3 Å². The Balaban J connectivity index is 1.63. The Morgan fingerprint density at radius 2 is 1.37 bits per heavy atom. The molecule has 4 aromatic rings. The third-order valence-corrected chi connectivity index (χ3v) is 4.37. The quantitative estimate of drug-likeness (QED) is 0.429. The number of ether oxygens (including phenoxy) is 1. The average Bonchev–Trinajstić information content (AvgIpc) is 2.74. The van der Waals surface area contributed by atoms with Crippen LogP contribution in [0.2, 0.25) is 0 Å². The van der Waals surface area contributed by atoms with Crippen LogP contribution >= 0.6 is 0 Å². The van der Waals surface area contributed by atoms with Crippen molar-refractivity contribution in [2.24, 2.45) is 0 Å². The molecule has 0 saturated heterocycles. The van der Waals surface area contributed by atoms with Crippen LogP contribution in [0.4, 0.5) is 4.39 Å². The zero-order chi connectivity index (χ0) is 18.5. The third-order valence-electron chi connectivity index (χ3n) is 4.37. The molecule has 132 valence electrons. The maximum atomic E-state index is 15.0. The minimum atomic E-state index is -0.397. The van der Waals surface area contributed by atoms with Gasteiger partial charge < -0.3 is 4.74 Å². The first-order valence-electron chi connectivity index (χ1n) is 8.77. The van der Waals surface area contributed by atoms with Crippen LogP contribution < -0.4 is 4.74 Å². The van der Waals surface area contributed by atoms with Crippen LogP contribution in [0.25, 0.3) is 22.3 Å². The molecule has 4 rings (SSSR count). The highest BCUT2D eigenvalue weighted by atomic mass is 19.1. The number of rotatable bonds is 5. The predicted molar refractivity (Wildman–Crippen MR) is 106 cm³/mol. The minimum Gasteiger partial charge on any atom is -0.484 e. The molecule has 0 fully saturated rings. The van der Waals surface area contributed by atoms with Gasteiger partial charge in [-0.3, -0.25) is 4.98 Å². The summed E-state index contributed by atoms with van der Waals surface area (Å²) < 4.78 is 20.7. The van der Waals surface area contributed by atoms with Crippen LogP contribution in [0, 0.1) is 5.82 Å². The van der Waals surface area contributed by atoms with Crippen molar-refractivity contribution in [1.29, 1.82) is 0 Å². The molecule has 0 spiro atoms. The van der Waals surface area contributed by atoms with E-state index in [9.17, 15) is 0 Å². The largest absolute Gasteiger partial charge is 0.484 e. The molecule has 0 unspecified atom stereocenters. The normalized spacial score (nSPS) is 10.6. The van der Waals surface area contributed by atoms with E-state index >= 15 is 4.39 Å². The number of nitrogens with zero attached hydrogens (tertiary/aromatic N) is 1. The minimum absolute atomic E-state index is 0.154. The van der Waals surface area contributed by atoms with Crippen molar-refractivity contribution in [3.05, 3.63) is 109 Å². The summed E-state index contributed by atoms with van der Waals surface area (Å²) in [6, 6.07) is 27.5. The van der Waals surface area contributed by atoms with Crippen LogP contribution in [-0.2, 0) is 6.61 Å². The van der Waals surface area contributed by atoms with Gasteiger partial charge in [-0.15, -0.1) is 0 Å². The van der Waals surface area contributed by atoms with Gasteiger partial charge >= 0.3 is 0 Å². The SMILES string of the molecule is Fc1c(OCc2ccccc2)cncc1-c1cccc(-c2ccccc2)c1. The molecule has 0 aliphatic carbocycles. The van der Waals surface area contributed by atoms with E-state index in [0.717, 1.165) is 22.3 Å². The first-order valence-corrected chi connectivity index (χ1v) is 8.77. The van der Waals surface area contributed by atoms with E-state index in [1.807, 2.05) is 84.9 Å². The molecular formula is C24H18FNO. The number of halogens is 1. The number of benzene rings is 3. The number of hydrogen-bond donors (Lipinski definition) is 0. The maximum absolute atomic E-state index is 15.0. The van der Waals surface area contributed by atoms with Crippen molar-refractivity contribution >= 4 is 0 Å². The van der Waals surface area contributed by atoms with Crippen molar-refractivity contribution in [3.8, 4) is 28.0 Å². The Morgan fingerprint density at radius 1 is 0.704 bits per heavy atom. The second-order valence-corrected chi connectivity index (χ2v) is 6.22. The van der Waals surface area contributed by atoms with Gasteiger partial charge in [0.25, 0.3) is 0 Å². The zero-order valence-corrected chi connectivity index (χ0v) is 14.7. The van der Waals surface area contributed by atoms with Crippen molar-refractivity contribution < 1.29 is 9.13 Å². The fraction of sp³-hybridized carbons (Fsp3) is 0.0417. The predicted octanol–water partition coefficient (Wildman–Crippen LogP) is 6.13. The van der Waals surface area contributed by atoms with Crippen molar-refractivity contribution in [2.75, 3.05) is 0 Å². The Labute approximate surface area is 157 Å². The highest BCUT2D eigenvalue weighted by Gasteiger charge is 2.13. The summed E-state index contributed by atoms with van der Waals surface area (Å²) in [7, 11) is 0. The van der Waals surface area contributed by atoms with Crippen LogP contribution in [-0.4, -0.2) is 4.98 Å². The lowest BCUT2D eigenvalue weighted by atomic mass is 10.00. The van der Waals surface area contributed by atoms with E-state index in [-0.39, 0.29) is 5.75 Å². The molecule has 0 saturated carbocycles. The summed E-state index contributed by atoms with van der Waals surface area (Å²) in [5, 5.41) is 0. The molecule has 0 N–H and O–H groups in total. The Hall–Kier alpha value is -3.46. The Bertz CT molecular complexity index is 1030. The van der Waals surface area contributed by atoms with E-state index in [0.29, 0.717) is 12.2 Å². The number of hydrogen-bond acceptors (Lipinski definition) is 2. The number of aromatic nitrogens is 1. The fourth-order valence-electron chi connectivity index (χ4n) is 2.96. The topological polar surface area (TPSA) is 22.1 Å². The van der Waals surface area contributed by atoms with Crippen LogP contribution in [0.1, 0.15) is 5.56 Å². The third kappa shape index (κ3) is 3.87. The molecule has 3 heteroatoms. The van der Waals surface area contributed by atoms with Crippen molar-refractivity contribution in [2.45, 2.75) is 6.61 Å². The fourth-order valence-corrected chi connectivity index (χ4v) is 2.96. The average molecular weight is 355 g/mol. The summed E-state index contributed by atoms with van der Waals surface area (Å²) in [4.78, 5) is 4.17. The monoisotopic (exact) mass is 355 g/mol. The van der Waals surface area contributed by atoms with Gasteiger partial charge in [0.2, 0.25) is 0 Å². The standard InChI is InChI=1S/C24H18FNO/c25-24-22(15-26-16-23(24)27-17-18-8-3-1-4-9-18)21-13-7-12-20(14-21)19-10-5-2-6-11-19/h1-16H,17H2. The summed E-state index contributed by atoms with van der Waals surface area (Å²) in [6.07, 6.45) is 2.96. The lowest BCUT2D eigenvalue weighted by Crippen LogP contribution is -1.99. The molecule has 0 aliphatic heterocycles. The molecule has 0 atom stereocenters. The molecule has 27 heavy (non-hydrogen) atoms. The summed E-state index contributed by atoms with van der Waals surface area (Å²) >= 11 is 0. The van der Waals surface area contributed by atoms with Gasteiger partial charge in [0, 0.05) is 11.8 Å². The van der Waals surface area contributed by atoms with E-state index < -0.39 is 5.82 Å². The summed E-state index contributed by atoms with van der Waals surface area (Å²) in [6.45, 7) is 0.299. The van der Waals surface area contributed by atoms with Crippen LogP contribution in [0.5, 0.6) is 5.75 Å². The number of pyridine rings is 1. The van der Waals surface area contributed by atoms with Gasteiger partial charge in [0.05, 0.1) is 6.20 Å². The Morgan fingerprint density at radius 3 is 2.15 bits per heavy atom. The highest BCUT2D eigenvalue weighted by molar-refractivity contribution is 5.73. The molecule has 1 aromatic heterocycles. The van der Waals surface area contributed by atoms with E-state index in [4.69, 9.17) is 4.74 Å². The second-order valence-electron chi connectivity index (χ2n) is 6.22. The van der Waals surface area contributed by atoms with E-state index in [2.05, 4.69) is 4.98 Å². The van der Waals surface area contributed by atoms with E-state index in [1.54, 1.807) is 0 Å². The molecule has 0 radical (unpaired) electrons. The van der Waals surface area contributed by atoms with Crippen molar-refractivity contribution in [3.63, 3.8) is 0 Å². The van der Waals surface area contributed by atoms with Gasteiger partial charge in [-0.05, 0) is 28.3 Å². The smallest absolute Gasteiger partial charge is 0.176 e. The first kappa shape index (κ1) is 17.0. The van der Waals surface area contributed by atoms with E-state index in [1.165, 1.54) is 12.4 Å². The molecule has 2 nitrogen and oxygen atoms in total. The first-order chi connectivity index (χ1) is 13.3. The van der Waals surface area contributed by atoms with Gasteiger partial charge in [0.15, 0.2) is 11.6 Å². The summed E-state index contributed by atoms with van der Waals surface area (Å²) in [5.41, 5.74) is 4.30. The molecule has 1 heterocycles. The zero-order valence-electron chi connectivity index (χ0n) is 14.7. The van der Waals surface area contributed by atoms with Crippen molar-refractivity contribution in [1.82, 2.24) is 4.98 Å². The lowest BCUT2D eigenvalue weighted by Gasteiger charge is -2.11. The highest BCUT2D eigenvalue weighted by Crippen LogP contribution is 2.31. The molecule has 0 amide bonds. The lowest BCUT2D eigenvalue weighted by molar-refractivity contribution is 0.289.